The molecule has 0 fully saturated rings. The fraction of sp³-hybridized carbons (Fsp3) is 0.400. The summed E-state index contributed by atoms with van der Waals surface area (Å²) in [6.45, 7) is 3.62. The zero-order valence-electron chi connectivity index (χ0n) is 30.0. The van der Waals surface area contributed by atoms with E-state index < -0.39 is 47.2 Å². The van der Waals surface area contributed by atoms with Crippen LogP contribution in [0, 0.1) is 11.8 Å². The molecule has 0 bridgehead atoms. The molecule has 12 nitrogen and oxygen atoms in total. The van der Waals surface area contributed by atoms with Crippen LogP contribution in [0.3, 0.4) is 0 Å². The first kappa shape index (κ1) is 39.6. The third-order valence-corrected chi connectivity index (χ3v) is 9.25. The number of primary amides is 1. The number of carbonyl (C=O) groups is 5. The van der Waals surface area contributed by atoms with Crippen molar-refractivity contribution in [3.8, 4) is 0 Å². The summed E-state index contributed by atoms with van der Waals surface area (Å²) in [7, 11) is 0. The number of amides is 3. The number of nitrogens with zero attached hydrogens (tertiary/aromatic N) is 1. The van der Waals surface area contributed by atoms with Crippen molar-refractivity contribution in [2.24, 2.45) is 29.0 Å². The Morgan fingerprint density at radius 1 is 0.769 bits per heavy atom. The Morgan fingerprint density at radius 2 is 1.42 bits per heavy atom. The van der Waals surface area contributed by atoms with Gasteiger partial charge in [0.2, 0.25) is 17.7 Å². The summed E-state index contributed by atoms with van der Waals surface area (Å²) in [4.78, 5) is 74.7. The van der Waals surface area contributed by atoms with E-state index in [1.165, 1.54) is 6.33 Å². The number of nitrogens with one attached hydrogen (secondary N) is 3. The van der Waals surface area contributed by atoms with Crippen LogP contribution in [0.1, 0.15) is 62.8 Å². The molecule has 52 heavy (non-hydrogen) atoms. The maximum atomic E-state index is 14.4. The van der Waals surface area contributed by atoms with Crippen LogP contribution in [0.4, 0.5) is 0 Å². The molecule has 0 radical (unpaired) electrons. The van der Waals surface area contributed by atoms with Crippen LogP contribution >= 0.6 is 0 Å². The first-order valence-corrected chi connectivity index (χ1v) is 17.8. The van der Waals surface area contributed by atoms with Gasteiger partial charge in [-0.1, -0.05) is 72.8 Å². The molecule has 0 aliphatic heterocycles. The molecule has 0 aliphatic rings. The molecule has 276 valence electrons. The van der Waals surface area contributed by atoms with Gasteiger partial charge in [-0.3, -0.25) is 24.0 Å². The fourth-order valence-corrected chi connectivity index (χ4v) is 6.15. The zero-order valence-corrected chi connectivity index (χ0v) is 30.0. The second-order valence-corrected chi connectivity index (χ2v) is 14.1. The van der Waals surface area contributed by atoms with Crippen molar-refractivity contribution >= 4 is 40.1 Å². The van der Waals surface area contributed by atoms with Crippen LogP contribution in [0.15, 0.2) is 85.3 Å². The largest absolute Gasteiger partial charge is 0.368 e. The number of ketones is 2. The molecular formula is C40H51N7O5. The van der Waals surface area contributed by atoms with E-state index in [0.717, 1.165) is 21.9 Å². The molecule has 0 spiro atoms. The number of Topliss-reactive ketones (excluding diaryl/α,β-unsaturated/α-hetero) is 2. The topological polar surface area (TPSA) is 216 Å². The van der Waals surface area contributed by atoms with Crippen LogP contribution in [-0.4, -0.2) is 63.4 Å². The fourth-order valence-electron chi connectivity index (χ4n) is 6.15. The summed E-state index contributed by atoms with van der Waals surface area (Å²) in [6, 6.07) is 21.0. The predicted octanol–water partition coefficient (Wildman–Crippen LogP) is 3.06. The number of imidazole rings is 1. The third-order valence-electron chi connectivity index (χ3n) is 9.25. The Balaban J connectivity index is 1.65. The molecule has 4 aromatic rings. The van der Waals surface area contributed by atoms with E-state index in [0.29, 0.717) is 31.5 Å². The van der Waals surface area contributed by atoms with E-state index in [1.807, 2.05) is 72.8 Å². The lowest BCUT2D eigenvalue weighted by Crippen LogP contribution is -2.50. The number of hydrogen-bond donors (Lipinski definition) is 6. The van der Waals surface area contributed by atoms with Gasteiger partial charge < -0.3 is 32.8 Å². The van der Waals surface area contributed by atoms with Crippen molar-refractivity contribution < 1.29 is 24.0 Å². The van der Waals surface area contributed by atoms with Gasteiger partial charge in [-0.2, -0.15) is 0 Å². The first-order chi connectivity index (χ1) is 24.8. The Bertz CT molecular complexity index is 1800. The number of rotatable bonds is 21. The molecular weight excluding hydrogens is 658 g/mol. The van der Waals surface area contributed by atoms with Gasteiger partial charge in [0.1, 0.15) is 6.04 Å². The van der Waals surface area contributed by atoms with Crippen molar-refractivity contribution in [1.82, 2.24) is 20.6 Å². The average molecular weight is 710 g/mol. The van der Waals surface area contributed by atoms with Crippen molar-refractivity contribution in [1.29, 1.82) is 0 Å². The number of nitrogens with two attached hydrogens (primary N) is 3. The Labute approximate surface area is 304 Å². The molecule has 1 heterocycles. The predicted molar refractivity (Wildman–Crippen MR) is 201 cm³/mol. The van der Waals surface area contributed by atoms with E-state index in [9.17, 15) is 24.0 Å². The van der Waals surface area contributed by atoms with Gasteiger partial charge in [0, 0.05) is 37.1 Å². The minimum Gasteiger partial charge on any atom is -0.368 e. The van der Waals surface area contributed by atoms with E-state index in [2.05, 4.69) is 20.6 Å². The molecule has 4 rings (SSSR count). The van der Waals surface area contributed by atoms with E-state index >= 15 is 0 Å². The second-order valence-electron chi connectivity index (χ2n) is 14.1. The maximum absolute atomic E-state index is 14.4. The van der Waals surface area contributed by atoms with Gasteiger partial charge in [0.15, 0.2) is 11.6 Å². The standard InChI is InChI=1S/C40H51N7O5/c1-40(2,43)36(49)23-31(21-32-24-44-25-45-32)39(52)47-34(20-27-15-16-28-12-6-7-13-29(28)19-27)35(48)22-30(18-26-10-4-3-5-11-26)38(51)46-33(37(42)50)14-8-9-17-41/h3-7,10-13,15-16,19,24-25,30-31,33-34H,8-9,14,17-18,20-23,41,43H2,1-2H3,(H2,42,50)(H,44,45)(H,46,51)(H,47,52)/t30-,31+,33-,34+/m0/s1. The number of H-pyrrole nitrogens is 1. The van der Waals surface area contributed by atoms with Crippen LogP contribution in [0.2, 0.25) is 0 Å². The first-order valence-electron chi connectivity index (χ1n) is 17.8. The molecule has 3 aromatic carbocycles. The highest BCUT2D eigenvalue weighted by atomic mass is 16.2. The van der Waals surface area contributed by atoms with Crippen molar-refractivity contribution in [2.45, 2.75) is 82.8 Å². The molecule has 4 atom stereocenters. The molecule has 9 N–H and O–H groups in total. The Morgan fingerprint density at radius 3 is 2.06 bits per heavy atom. The van der Waals surface area contributed by atoms with Gasteiger partial charge in [0.25, 0.3) is 0 Å². The molecule has 12 heteroatoms. The molecule has 0 aliphatic carbocycles. The molecule has 0 unspecified atom stereocenters. The monoisotopic (exact) mass is 709 g/mol. The van der Waals surface area contributed by atoms with Crippen molar-refractivity contribution in [2.75, 3.05) is 6.54 Å². The number of aromatic amines is 1. The minimum atomic E-state index is -1.17. The Hall–Kier alpha value is -5.20. The summed E-state index contributed by atoms with van der Waals surface area (Å²) in [6.07, 6.45) is 4.80. The lowest BCUT2D eigenvalue weighted by Gasteiger charge is -2.26. The number of aromatic nitrogens is 2. The number of fused-ring (bicyclic) bond motifs is 1. The van der Waals surface area contributed by atoms with Gasteiger partial charge in [-0.05, 0) is 74.4 Å². The number of unbranched alkanes of at least 4 members (excludes halogenated alkanes) is 1. The molecule has 0 saturated carbocycles. The minimum absolute atomic E-state index is 0.144. The second kappa shape index (κ2) is 18.9. The van der Waals surface area contributed by atoms with Crippen molar-refractivity contribution in [3.63, 3.8) is 0 Å². The number of carbonyl (C=O) groups excluding carboxylic acids is 5. The maximum Gasteiger partial charge on any atom is 0.239 e. The molecule has 0 saturated heterocycles. The van der Waals surface area contributed by atoms with Crippen LogP contribution in [0.5, 0.6) is 0 Å². The van der Waals surface area contributed by atoms with Gasteiger partial charge in [-0.15, -0.1) is 0 Å². The SMILES string of the molecule is CC(C)(N)C(=O)C[C@@H](Cc1cnc[nH]1)C(=O)N[C@H](Cc1ccc2ccccc2c1)C(=O)C[C@H](Cc1ccccc1)C(=O)N[C@@H](CCCCN)C(N)=O. The quantitative estimate of drug-likeness (QED) is 0.0705. The summed E-state index contributed by atoms with van der Waals surface area (Å²) in [5.41, 5.74) is 18.5. The normalized spacial score (nSPS) is 13.8. The summed E-state index contributed by atoms with van der Waals surface area (Å²) in [5, 5.41) is 7.72. The average Bonchev–Trinajstić information content (AvgIpc) is 3.63. The van der Waals surface area contributed by atoms with Crippen molar-refractivity contribution in [3.05, 3.63) is 102 Å². The summed E-state index contributed by atoms with van der Waals surface area (Å²) in [5.74, 6) is -4.06. The smallest absolute Gasteiger partial charge is 0.239 e. The zero-order chi connectivity index (χ0) is 37.7. The number of hydrogen-bond acceptors (Lipinski definition) is 8. The highest BCUT2D eigenvalue weighted by molar-refractivity contribution is 5.96. The van der Waals surface area contributed by atoms with Crippen LogP contribution < -0.4 is 27.8 Å². The van der Waals surface area contributed by atoms with E-state index in [4.69, 9.17) is 17.2 Å². The van der Waals surface area contributed by atoms with E-state index in [-0.39, 0.29) is 43.7 Å². The van der Waals surface area contributed by atoms with Gasteiger partial charge in [0.05, 0.1) is 23.8 Å². The van der Waals surface area contributed by atoms with Crippen LogP contribution in [0.25, 0.3) is 10.8 Å². The van der Waals surface area contributed by atoms with Crippen LogP contribution in [-0.2, 0) is 43.2 Å². The number of benzene rings is 3. The highest BCUT2D eigenvalue weighted by Gasteiger charge is 2.34. The third kappa shape index (κ3) is 12.0. The Kier molecular flexibility index (Phi) is 14.4. The highest BCUT2D eigenvalue weighted by Crippen LogP contribution is 2.22. The van der Waals surface area contributed by atoms with E-state index in [1.54, 1.807) is 20.0 Å². The molecule has 3 amide bonds. The summed E-state index contributed by atoms with van der Waals surface area (Å²) >= 11 is 0. The lowest BCUT2D eigenvalue weighted by atomic mass is 9.87. The molecule has 1 aromatic heterocycles. The summed E-state index contributed by atoms with van der Waals surface area (Å²) < 4.78 is 0. The van der Waals surface area contributed by atoms with Gasteiger partial charge >= 0.3 is 0 Å². The van der Waals surface area contributed by atoms with Gasteiger partial charge in [-0.25, -0.2) is 4.98 Å². The lowest BCUT2D eigenvalue weighted by molar-refractivity contribution is -0.135.